The van der Waals surface area contributed by atoms with Gasteiger partial charge >= 0.3 is 8.48 Å². The van der Waals surface area contributed by atoms with Crippen molar-refractivity contribution in [3.63, 3.8) is 0 Å². The lowest BCUT2D eigenvalue weighted by Gasteiger charge is -2.42. The van der Waals surface area contributed by atoms with E-state index in [1.165, 1.54) is 38.2 Å². The molecule has 6 aromatic rings. The van der Waals surface area contributed by atoms with E-state index >= 15 is 0 Å². The van der Waals surface area contributed by atoms with Crippen LogP contribution in [0, 0.1) is 13.8 Å². The zero-order valence-corrected chi connectivity index (χ0v) is 24.3. The minimum atomic E-state index is -3.17. The molecule has 0 saturated heterocycles. The summed E-state index contributed by atoms with van der Waals surface area (Å²) in [7, 11) is -3.17. The van der Waals surface area contributed by atoms with E-state index in [0.29, 0.717) is 0 Å². The molecule has 0 bridgehead atoms. The van der Waals surface area contributed by atoms with E-state index in [0.717, 1.165) is 22.7 Å². The molecule has 198 valence electrons. The molecular formula is C38H31NOSi. The minimum Gasteiger partial charge on any atom is -0.518 e. The number of hydrogen-bond acceptors (Lipinski definition) is 2. The number of nitrogens with zero attached hydrogens (tertiary/aromatic N) is 1. The highest BCUT2D eigenvalue weighted by Gasteiger charge is 2.52. The summed E-state index contributed by atoms with van der Waals surface area (Å²) in [5.41, 5.74) is 9.41. The largest absolute Gasteiger partial charge is 0.518 e. The Bertz CT molecular complexity index is 1770. The lowest BCUT2D eigenvalue weighted by atomic mass is 10.0. The molecule has 1 aliphatic heterocycles. The van der Waals surface area contributed by atoms with Gasteiger partial charge in [-0.05, 0) is 49.2 Å². The van der Waals surface area contributed by atoms with Gasteiger partial charge in [0.25, 0.3) is 0 Å². The molecule has 0 amide bonds. The summed E-state index contributed by atoms with van der Waals surface area (Å²) >= 11 is 0. The van der Waals surface area contributed by atoms with Crippen LogP contribution < -0.4 is 19.4 Å². The van der Waals surface area contributed by atoms with Crippen molar-refractivity contribution in [2.75, 3.05) is 4.57 Å². The fourth-order valence-electron chi connectivity index (χ4n) is 5.91. The number of anilines is 2. The van der Waals surface area contributed by atoms with E-state index in [9.17, 15) is 0 Å². The van der Waals surface area contributed by atoms with Gasteiger partial charge in [0, 0.05) is 32.9 Å². The quantitative estimate of drug-likeness (QED) is 0.206. The number of hydrogen-bond donors (Lipinski definition) is 0. The van der Waals surface area contributed by atoms with Crippen LogP contribution in [0.2, 0.25) is 0 Å². The molecule has 6 aromatic carbocycles. The molecule has 0 saturated carbocycles. The number of aryl methyl sites for hydroxylation is 2. The van der Waals surface area contributed by atoms with Crippen molar-refractivity contribution in [2.45, 2.75) is 13.8 Å². The van der Waals surface area contributed by atoms with Crippen LogP contribution in [0.25, 0.3) is 22.3 Å². The van der Waals surface area contributed by atoms with Crippen LogP contribution in [0.5, 0.6) is 5.75 Å². The van der Waals surface area contributed by atoms with E-state index < -0.39 is 8.48 Å². The molecule has 0 radical (unpaired) electrons. The van der Waals surface area contributed by atoms with E-state index in [4.69, 9.17) is 4.43 Å². The maximum atomic E-state index is 7.53. The fourth-order valence-corrected chi connectivity index (χ4v) is 9.86. The Morgan fingerprint density at radius 3 is 1.61 bits per heavy atom. The Balaban J connectivity index is 1.56. The average Bonchev–Trinajstić information content (AvgIpc) is 3.15. The van der Waals surface area contributed by atoms with Crippen LogP contribution in [0.15, 0.2) is 152 Å². The zero-order chi connectivity index (χ0) is 27.8. The molecule has 1 aliphatic rings. The topological polar surface area (TPSA) is 12.5 Å². The number of fused-ring (bicyclic) bond motifs is 3. The Kier molecular flexibility index (Phi) is 6.30. The summed E-state index contributed by atoms with van der Waals surface area (Å²) < 4.78 is 10.0. The third kappa shape index (κ3) is 4.35. The first-order chi connectivity index (χ1) is 20.1. The van der Waals surface area contributed by atoms with Crippen molar-refractivity contribution in [1.29, 1.82) is 0 Å². The normalized spacial score (nSPS) is 13.5. The maximum absolute atomic E-state index is 7.53. The molecule has 7 rings (SSSR count). The van der Waals surface area contributed by atoms with Gasteiger partial charge in [0.1, 0.15) is 5.75 Å². The van der Waals surface area contributed by atoms with Crippen LogP contribution in [0.3, 0.4) is 0 Å². The summed E-state index contributed by atoms with van der Waals surface area (Å²) in [6.07, 6.45) is 0. The van der Waals surface area contributed by atoms with Crippen molar-refractivity contribution >= 4 is 30.2 Å². The molecule has 0 unspecified atom stereocenters. The second-order valence-electron chi connectivity index (χ2n) is 10.7. The van der Waals surface area contributed by atoms with Gasteiger partial charge in [0.15, 0.2) is 0 Å². The zero-order valence-electron chi connectivity index (χ0n) is 23.3. The van der Waals surface area contributed by atoms with Gasteiger partial charge in [0.05, 0.1) is 0 Å². The average molecular weight is 546 g/mol. The van der Waals surface area contributed by atoms with Crippen LogP contribution in [0.1, 0.15) is 11.1 Å². The molecule has 2 nitrogen and oxygen atoms in total. The molecular weight excluding hydrogens is 515 g/mol. The summed E-state index contributed by atoms with van der Waals surface area (Å²) in [5.74, 6) is 0.913. The second-order valence-corrected chi connectivity index (χ2v) is 13.8. The van der Waals surface area contributed by atoms with E-state index in [1.54, 1.807) is 0 Å². The number of para-hydroxylation sites is 2. The molecule has 0 fully saturated rings. The van der Waals surface area contributed by atoms with Crippen LogP contribution in [-0.2, 0) is 0 Å². The maximum Gasteiger partial charge on any atom is 0.433 e. The molecule has 0 atom stereocenters. The molecule has 3 heteroatoms. The molecule has 1 heterocycles. The molecule has 0 N–H and O–H groups in total. The van der Waals surface area contributed by atoms with E-state index in [2.05, 4.69) is 170 Å². The summed E-state index contributed by atoms with van der Waals surface area (Å²) in [6, 6.07) is 54.6. The Morgan fingerprint density at radius 1 is 0.463 bits per heavy atom. The first kappa shape index (κ1) is 25.1. The Hall–Kier alpha value is -4.86. The van der Waals surface area contributed by atoms with Gasteiger partial charge in [-0.1, -0.05) is 139 Å². The van der Waals surface area contributed by atoms with Gasteiger partial charge in [-0.15, -0.1) is 0 Å². The molecule has 0 aliphatic carbocycles. The highest BCUT2D eigenvalue weighted by molar-refractivity contribution is 7.01. The number of benzene rings is 6. The van der Waals surface area contributed by atoms with Gasteiger partial charge in [-0.25, -0.2) is 0 Å². The van der Waals surface area contributed by atoms with Crippen molar-refractivity contribution < 1.29 is 4.43 Å². The predicted molar refractivity (Wildman–Crippen MR) is 174 cm³/mol. The van der Waals surface area contributed by atoms with Crippen LogP contribution >= 0.6 is 0 Å². The predicted octanol–water partition coefficient (Wildman–Crippen LogP) is 8.42. The van der Waals surface area contributed by atoms with Crippen molar-refractivity contribution in [3.8, 4) is 28.0 Å². The monoisotopic (exact) mass is 545 g/mol. The van der Waals surface area contributed by atoms with Crippen LogP contribution in [0.4, 0.5) is 11.4 Å². The van der Waals surface area contributed by atoms with Gasteiger partial charge < -0.3 is 8.99 Å². The summed E-state index contributed by atoms with van der Waals surface area (Å²) in [6.45, 7) is 4.28. The van der Waals surface area contributed by atoms with Crippen molar-refractivity contribution in [2.24, 2.45) is 0 Å². The first-order valence-electron chi connectivity index (χ1n) is 14.1. The minimum absolute atomic E-state index is 0.913. The third-order valence-electron chi connectivity index (χ3n) is 8.01. The second kappa shape index (κ2) is 10.3. The highest BCUT2D eigenvalue weighted by atomic mass is 28.4. The Morgan fingerprint density at radius 2 is 0.976 bits per heavy atom. The lowest BCUT2D eigenvalue weighted by Crippen LogP contribution is -2.73. The highest BCUT2D eigenvalue weighted by Crippen LogP contribution is 2.46. The summed E-state index contributed by atoms with van der Waals surface area (Å²) in [4.78, 5) is 0. The van der Waals surface area contributed by atoms with Gasteiger partial charge in [-0.3, -0.25) is 0 Å². The smallest absolute Gasteiger partial charge is 0.433 e. The van der Waals surface area contributed by atoms with Gasteiger partial charge in [0.2, 0.25) is 0 Å². The molecule has 41 heavy (non-hydrogen) atoms. The third-order valence-corrected chi connectivity index (χ3v) is 11.9. The molecule has 0 aromatic heterocycles. The first-order valence-corrected chi connectivity index (χ1v) is 16.0. The van der Waals surface area contributed by atoms with E-state index in [1.807, 2.05) is 0 Å². The standard InChI is InChI=1S/C38H31NOSi/c1-28-16-24-33(25-17-28)41(34-26-18-29(2)19-27-34)39(32-22-20-31(21-23-32)30-10-4-3-5-11-30)37-14-8-6-12-35(37)36-13-7-9-15-38(36)40-41/h3-27H,1-2H3. The summed E-state index contributed by atoms with van der Waals surface area (Å²) in [5, 5.41) is 2.40. The van der Waals surface area contributed by atoms with Crippen molar-refractivity contribution in [3.05, 3.63) is 163 Å². The van der Waals surface area contributed by atoms with Crippen molar-refractivity contribution in [1.82, 2.24) is 0 Å². The Labute approximate surface area is 243 Å². The SMILES string of the molecule is Cc1ccc([Si]2(c3ccc(C)cc3)Oc3ccccc3-c3ccccc3N2c2ccc(-c3ccccc3)cc2)cc1. The van der Waals surface area contributed by atoms with Crippen LogP contribution in [-0.4, -0.2) is 8.48 Å². The lowest BCUT2D eigenvalue weighted by molar-refractivity contribution is 0.567. The number of rotatable bonds is 4. The van der Waals surface area contributed by atoms with Gasteiger partial charge in [-0.2, -0.15) is 0 Å². The van der Waals surface area contributed by atoms with E-state index in [-0.39, 0.29) is 0 Å². The molecule has 0 spiro atoms. The fraction of sp³-hybridized carbons (Fsp3) is 0.0526.